The van der Waals surface area contributed by atoms with E-state index in [0.29, 0.717) is 18.4 Å². The Morgan fingerprint density at radius 1 is 1.18 bits per heavy atom. The molecule has 2 aromatic heterocycles. The average Bonchev–Trinajstić information content (AvgIpc) is 3.32. The molecule has 0 radical (unpaired) electrons. The Balaban J connectivity index is 1.30. The van der Waals surface area contributed by atoms with Gasteiger partial charge < -0.3 is 20.1 Å². The van der Waals surface area contributed by atoms with Crippen LogP contribution in [0, 0.1) is 5.41 Å². The number of anilines is 2. The molecule has 3 aromatic rings. The van der Waals surface area contributed by atoms with E-state index < -0.39 is 5.60 Å². The normalized spacial score (nSPS) is 21.9. The highest BCUT2D eigenvalue weighted by Gasteiger charge is 2.39. The van der Waals surface area contributed by atoms with Gasteiger partial charge in [0.2, 0.25) is 11.8 Å². The fourth-order valence-corrected chi connectivity index (χ4v) is 5.45. The maximum Gasteiger partial charge on any atom is 0.232 e. The van der Waals surface area contributed by atoms with Crippen molar-refractivity contribution in [2.24, 2.45) is 5.41 Å². The summed E-state index contributed by atoms with van der Waals surface area (Å²) < 4.78 is 6.07. The molecule has 1 atom stereocenters. The first-order valence-corrected chi connectivity index (χ1v) is 12.5. The average molecular weight is 466 g/mol. The molecule has 0 spiro atoms. The van der Waals surface area contributed by atoms with E-state index in [4.69, 9.17) is 4.74 Å². The molecule has 1 unspecified atom stereocenters. The summed E-state index contributed by atoms with van der Waals surface area (Å²) in [5.41, 5.74) is 1.45. The minimum absolute atomic E-state index is 0.129. The fraction of sp³-hybridized carbons (Fsp3) is 0.480. The molecule has 8 heteroatoms. The van der Waals surface area contributed by atoms with E-state index in [-0.39, 0.29) is 5.41 Å². The minimum atomic E-state index is -0.726. The monoisotopic (exact) mass is 465 g/mol. The largest absolute Gasteiger partial charge is 0.477 e. The zero-order chi connectivity index (χ0) is 22.9. The van der Waals surface area contributed by atoms with Gasteiger partial charge in [0.05, 0.1) is 11.5 Å². The summed E-state index contributed by atoms with van der Waals surface area (Å²) in [7, 11) is 1.96. The first kappa shape index (κ1) is 22.3. The van der Waals surface area contributed by atoms with Crippen molar-refractivity contribution in [1.29, 1.82) is 0 Å². The SMILES string of the molecule is CN(c1cccc(-c2cnc(C3(O)CCC3)s2)c1)c1nccc(OCC2(C)CCCNC2)n1. The summed E-state index contributed by atoms with van der Waals surface area (Å²) in [6.45, 7) is 4.94. The van der Waals surface area contributed by atoms with Crippen LogP contribution in [0.25, 0.3) is 10.4 Å². The quantitative estimate of drug-likeness (QED) is 0.531. The molecular weight excluding hydrogens is 434 g/mol. The molecule has 1 saturated heterocycles. The highest BCUT2D eigenvalue weighted by atomic mass is 32.1. The molecule has 0 bridgehead atoms. The Morgan fingerprint density at radius 3 is 2.82 bits per heavy atom. The lowest BCUT2D eigenvalue weighted by Crippen LogP contribution is -2.41. The molecule has 2 N–H and O–H groups in total. The van der Waals surface area contributed by atoms with Crippen LogP contribution < -0.4 is 15.0 Å². The molecule has 0 amide bonds. The number of thiazole rings is 1. The van der Waals surface area contributed by atoms with Gasteiger partial charge >= 0.3 is 0 Å². The number of aromatic nitrogens is 3. The second-order valence-corrected chi connectivity index (χ2v) is 10.6. The highest BCUT2D eigenvalue weighted by molar-refractivity contribution is 7.15. The van der Waals surface area contributed by atoms with Crippen LogP contribution in [0.1, 0.15) is 44.0 Å². The second-order valence-electron chi connectivity index (χ2n) is 9.60. The van der Waals surface area contributed by atoms with Crippen molar-refractivity contribution in [3.05, 3.63) is 47.7 Å². The number of nitrogens with zero attached hydrogens (tertiary/aromatic N) is 4. The van der Waals surface area contributed by atoms with Crippen molar-refractivity contribution in [3.8, 4) is 16.3 Å². The number of nitrogens with one attached hydrogen (secondary N) is 1. The maximum atomic E-state index is 10.6. The third kappa shape index (κ3) is 4.74. The second kappa shape index (κ2) is 9.00. The molecule has 1 aromatic carbocycles. The lowest BCUT2D eigenvalue weighted by atomic mass is 9.81. The van der Waals surface area contributed by atoms with Crippen molar-refractivity contribution in [3.63, 3.8) is 0 Å². The standard InChI is InChI=1S/C25H31N5O2S/c1-24(9-5-12-26-16-24)17-32-21-8-13-27-23(29-21)30(2)19-7-3-6-18(14-19)20-15-28-22(33-20)25(31)10-4-11-25/h3,6-8,13-15,26,31H,4-5,9-12,16-17H2,1-2H3. The molecule has 5 rings (SSSR count). The van der Waals surface area contributed by atoms with Crippen LogP contribution in [0.5, 0.6) is 5.88 Å². The van der Waals surface area contributed by atoms with Crippen molar-refractivity contribution in [2.45, 2.75) is 44.6 Å². The van der Waals surface area contributed by atoms with Gasteiger partial charge in [-0.25, -0.2) is 9.97 Å². The third-order valence-electron chi connectivity index (χ3n) is 6.77. The molecule has 2 aliphatic rings. The topological polar surface area (TPSA) is 83.4 Å². The smallest absolute Gasteiger partial charge is 0.232 e. The molecule has 174 valence electrons. The maximum absolute atomic E-state index is 10.6. The molecule has 3 heterocycles. The van der Waals surface area contributed by atoms with Gasteiger partial charge in [-0.1, -0.05) is 19.1 Å². The number of rotatable bonds is 7. The van der Waals surface area contributed by atoms with Gasteiger partial charge in [0.25, 0.3) is 0 Å². The summed E-state index contributed by atoms with van der Waals surface area (Å²) in [5.74, 6) is 1.18. The lowest BCUT2D eigenvalue weighted by molar-refractivity contribution is -0.0389. The van der Waals surface area contributed by atoms with Gasteiger partial charge in [0, 0.05) is 43.2 Å². The van der Waals surface area contributed by atoms with E-state index in [9.17, 15) is 5.11 Å². The predicted molar refractivity (Wildman–Crippen MR) is 131 cm³/mol. The fourth-order valence-electron chi connectivity index (χ4n) is 4.40. The summed E-state index contributed by atoms with van der Waals surface area (Å²) >= 11 is 1.57. The van der Waals surface area contributed by atoms with Crippen molar-refractivity contribution in [2.75, 3.05) is 31.6 Å². The summed E-state index contributed by atoms with van der Waals surface area (Å²) in [6.07, 6.45) is 8.60. The van der Waals surface area contributed by atoms with Crippen LogP contribution >= 0.6 is 11.3 Å². The lowest BCUT2D eigenvalue weighted by Gasteiger charge is -2.34. The summed E-state index contributed by atoms with van der Waals surface area (Å²) in [6, 6.07) is 10.1. The van der Waals surface area contributed by atoms with Gasteiger partial charge in [-0.3, -0.25) is 0 Å². The Morgan fingerprint density at radius 2 is 2.06 bits per heavy atom. The number of aliphatic hydroxyl groups is 1. The van der Waals surface area contributed by atoms with E-state index in [1.54, 1.807) is 17.5 Å². The minimum Gasteiger partial charge on any atom is -0.477 e. The Bertz CT molecular complexity index is 1110. The van der Waals surface area contributed by atoms with Gasteiger partial charge in [-0.05, 0) is 56.3 Å². The van der Waals surface area contributed by atoms with Crippen molar-refractivity contribution < 1.29 is 9.84 Å². The molecule has 1 aliphatic heterocycles. The molecule has 33 heavy (non-hydrogen) atoms. The van der Waals surface area contributed by atoms with Crippen molar-refractivity contribution >= 4 is 23.0 Å². The highest BCUT2D eigenvalue weighted by Crippen LogP contribution is 2.44. The molecule has 2 fully saturated rings. The Labute approximate surface area is 198 Å². The van der Waals surface area contributed by atoms with Crippen LogP contribution in [0.4, 0.5) is 11.6 Å². The third-order valence-corrected chi connectivity index (χ3v) is 8.01. The number of hydrogen-bond acceptors (Lipinski definition) is 8. The van der Waals surface area contributed by atoms with E-state index in [1.165, 1.54) is 6.42 Å². The zero-order valence-electron chi connectivity index (χ0n) is 19.3. The summed E-state index contributed by atoms with van der Waals surface area (Å²) in [5, 5.41) is 14.9. The number of hydrogen-bond donors (Lipinski definition) is 2. The van der Waals surface area contributed by atoms with Gasteiger partial charge in [-0.2, -0.15) is 4.98 Å². The van der Waals surface area contributed by atoms with Gasteiger partial charge in [0.1, 0.15) is 10.6 Å². The predicted octanol–water partition coefficient (Wildman–Crippen LogP) is 4.51. The Hall–Kier alpha value is -2.55. The molecule has 1 aliphatic carbocycles. The first-order valence-electron chi connectivity index (χ1n) is 11.6. The van der Waals surface area contributed by atoms with Crippen LogP contribution in [0.15, 0.2) is 42.7 Å². The van der Waals surface area contributed by atoms with Crippen LogP contribution in [0.3, 0.4) is 0 Å². The van der Waals surface area contributed by atoms with E-state index in [2.05, 4.69) is 39.3 Å². The Kier molecular flexibility index (Phi) is 6.07. The molecule has 1 saturated carbocycles. The number of benzene rings is 1. The van der Waals surface area contributed by atoms with E-state index in [0.717, 1.165) is 59.9 Å². The van der Waals surface area contributed by atoms with E-state index in [1.807, 2.05) is 36.3 Å². The van der Waals surface area contributed by atoms with Crippen LogP contribution in [-0.2, 0) is 5.60 Å². The van der Waals surface area contributed by atoms with E-state index >= 15 is 0 Å². The van der Waals surface area contributed by atoms with Crippen LogP contribution in [0.2, 0.25) is 0 Å². The first-order chi connectivity index (χ1) is 15.9. The number of ether oxygens (including phenoxy) is 1. The summed E-state index contributed by atoms with van der Waals surface area (Å²) in [4.78, 5) is 16.6. The van der Waals surface area contributed by atoms with Gasteiger partial charge in [-0.15, -0.1) is 11.3 Å². The molecular formula is C25H31N5O2S. The zero-order valence-corrected chi connectivity index (χ0v) is 20.1. The number of piperidine rings is 1. The van der Waals surface area contributed by atoms with Gasteiger partial charge in [0.15, 0.2) is 0 Å². The van der Waals surface area contributed by atoms with Crippen LogP contribution in [-0.4, -0.2) is 46.8 Å². The molecule has 7 nitrogen and oxygen atoms in total. The van der Waals surface area contributed by atoms with Crippen molar-refractivity contribution in [1.82, 2.24) is 20.3 Å².